The Bertz CT molecular complexity index is 2990. The second-order valence-corrected chi connectivity index (χ2v) is 15.0. The molecule has 0 radical (unpaired) electrons. The van der Waals surface area contributed by atoms with Crippen molar-refractivity contribution in [3.63, 3.8) is 0 Å². The summed E-state index contributed by atoms with van der Waals surface area (Å²) in [4.78, 5) is 2.38. The molecule has 1 heteroatoms. The van der Waals surface area contributed by atoms with Gasteiger partial charge in [0.2, 0.25) is 0 Å². The molecule has 0 amide bonds. The smallest absolute Gasteiger partial charge is 0.0468 e. The molecule has 0 saturated carbocycles. The van der Waals surface area contributed by atoms with Crippen LogP contribution in [0.25, 0.3) is 77.5 Å². The van der Waals surface area contributed by atoms with E-state index >= 15 is 0 Å². The SMILES string of the molecule is c1ccc(-c2ccc(-c3cc(N(c4ccc(-c5ccccc5)cc4)c4ccc(-c5ccc6ccccc6c5)cc4)ccc3-c3cccc(-c4ccccc4)c3)cc2)cc1. The van der Waals surface area contributed by atoms with E-state index in [0.717, 1.165) is 22.6 Å². The Morgan fingerprint density at radius 3 is 1.17 bits per heavy atom. The molecule has 59 heavy (non-hydrogen) atoms. The zero-order chi connectivity index (χ0) is 39.4. The van der Waals surface area contributed by atoms with Crippen LogP contribution in [-0.4, -0.2) is 0 Å². The number of hydrogen-bond acceptors (Lipinski definition) is 1. The normalized spacial score (nSPS) is 11.1. The van der Waals surface area contributed by atoms with Crippen LogP contribution in [0.3, 0.4) is 0 Å². The molecule has 0 unspecified atom stereocenters. The summed E-state index contributed by atoms with van der Waals surface area (Å²) in [7, 11) is 0. The topological polar surface area (TPSA) is 3.24 Å². The first kappa shape index (κ1) is 35.7. The molecule has 10 rings (SSSR count). The second-order valence-electron chi connectivity index (χ2n) is 15.0. The number of nitrogens with zero attached hydrogens (tertiary/aromatic N) is 1. The van der Waals surface area contributed by atoms with Crippen LogP contribution in [0.2, 0.25) is 0 Å². The molecule has 0 saturated heterocycles. The monoisotopic (exact) mass is 751 g/mol. The summed E-state index contributed by atoms with van der Waals surface area (Å²) in [6, 6.07) is 89.9. The van der Waals surface area contributed by atoms with Crippen molar-refractivity contribution in [1.29, 1.82) is 0 Å². The van der Waals surface area contributed by atoms with Crippen molar-refractivity contribution >= 4 is 27.8 Å². The lowest BCUT2D eigenvalue weighted by Gasteiger charge is -2.27. The number of benzene rings is 10. The standard InChI is InChI=1S/C58H41N/c1-4-13-42(14-5-1)46-23-26-49(27-24-46)58-41-56(37-38-57(58)53-22-12-21-51(40-53)44-17-8-3-9-18-44)59(54-33-29-47(30-34-54)43-15-6-2-7-16-43)55-35-31-48(32-36-55)52-28-25-45-19-10-11-20-50(45)39-52/h1-41H. The number of hydrogen-bond donors (Lipinski definition) is 0. The van der Waals surface area contributed by atoms with E-state index in [1.54, 1.807) is 0 Å². The lowest BCUT2D eigenvalue weighted by Crippen LogP contribution is -2.10. The minimum absolute atomic E-state index is 1.08. The summed E-state index contributed by atoms with van der Waals surface area (Å²) in [6.45, 7) is 0. The Morgan fingerprint density at radius 2 is 0.576 bits per heavy atom. The van der Waals surface area contributed by atoms with Gasteiger partial charge in [0.25, 0.3) is 0 Å². The van der Waals surface area contributed by atoms with Crippen molar-refractivity contribution in [2.24, 2.45) is 0 Å². The molecule has 10 aromatic carbocycles. The third-order valence-corrected chi connectivity index (χ3v) is 11.3. The highest BCUT2D eigenvalue weighted by Crippen LogP contribution is 2.42. The van der Waals surface area contributed by atoms with E-state index < -0.39 is 0 Å². The average Bonchev–Trinajstić information content (AvgIpc) is 3.33. The van der Waals surface area contributed by atoms with Crippen molar-refractivity contribution in [1.82, 2.24) is 0 Å². The summed E-state index contributed by atoms with van der Waals surface area (Å²) < 4.78 is 0. The van der Waals surface area contributed by atoms with Gasteiger partial charge in [-0.25, -0.2) is 0 Å². The van der Waals surface area contributed by atoms with Crippen molar-refractivity contribution < 1.29 is 0 Å². The number of anilines is 3. The molecular weight excluding hydrogens is 711 g/mol. The van der Waals surface area contributed by atoms with E-state index in [-0.39, 0.29) is 0 Å². The minimum Gasteiger partial charge on any atom is -0.310 e. The van der Waals surface area contributed by atoms with Crippen molar-refractivity contribution in [3.8, 4) is 66.8 Å². The van der Waals surface area contributed by atoms with Gasteiger partial charge in [-0.3, -0.25) is 0 Å². The summed E-state index contributed by atoms with van der Waals surface area (Å²) in [5, 5.41) is 2.49. The zero-order valence-electron chi connectivity index (χ0n) is 32.6. The highest BCUT2D eigenvalue weighted by Gasteiger charge is 2.18. The Labute approximate surface area is 346 Å². The van der Waals surface area contributed by atoms with Crippen LogP contribution in [0.5, 0.6) is 0 Å². The van der Waals surface area contributed by atoms with Crippen LogP contribution < -0.4 is 4.90 Å². The van der Waals surface area contributed by atoms with Gasteiger partial charge in [-0.05, 0) is 126 Å². The van der Waals surface area contributed by atoms with Crippen LogP contribution in [0.1, 0.15) is 0 Å². The van der Waals surface area contributed by atoms with Gasteiger partial charge in [-0.1, -0.05) is 200 Å². The molecule has 0 spiro atoms. The van der Waals surface area contributed by atoms with E-state index in [9.17, 15) is 0 Å². The molecular formula is C58H41N. The fraction of sp³-hybridized carbons (Fsp3) is 0. The van der Waals surface area contributed by atoms with Gasteiger partial charge in [0.05, 0.1) is 0 Å². The highest BCUT2D eigenvalue weighted by molar-refractivity contribution is 5.92. The maximum Gasteiger partial charge on any atom is 0.0468 e. The van der Waals surface area contributed by atoms with Crippen LogP contribution in [0.15, 0.2) is 249 Å². The van der Waals surface area contributed by atoms with E-state index in [1.165, 1.54) is 72.0 Å². The van der Waals surface area contributed by atoms with Gasteiger partial charge in [-0.15, -0.1) is 0 Å². The zero-order valence-corrected chi connectivity index (χ0v) is 32.6. The van der Waals surface area contributed by atoms with Crippen molar-refractivity contribution in [2.75, 3.05) is 4.90 Å². The minimum atomic E-state index is 1.08. The molecule has 0 atom stereocenters. The molecule has 10 aromatic rings. The molecule has 0 aromatic heterocycles. The Balaban J connectivity index is 1.11. The van der Waals surface area contributed by atoms with Crippen LogP contribution in [0, 0.1) is 0 Å². The van der Waals surface area contributed by atoms with E-state index in [2.05, 4.69) is 254 Å². The summed E-state index contributed by atoms with van der Waals surface area (Å²) in [5.74, 6) is 0. The fourth-order valence-electron chi connectivity index (χ4n) is 8.18. The van der Waals surface area contributed by atoms with Crippen LogP contribution >= 0.6 is 0 Å². The largest absolute Gasteiger partial charge is 0.310 e. The fourth-order valence-corrected chi connectivity index (χ4v) is 8.18. The molecule has 0 N–H and O–H groups in total. The Kier molecular flexibility index (Phi) is 9.68. The lowest BCUT2D eigenvalue weighted by molar-refractivity contribution is 1.28. The molecule has 1 nitrogen and oxygen atoms in total. The number of fused-ring (bicyclic) bond motifs is 1. The third kappa shape index (κ3) is 7.46. The summed E-state index contributed by atoms with van der Waals surface area (Å²) in [6.07, 6.45) is 0. The maximum absolute atomic E-state index is 2.38. The summed E-state index contributed by atoms with van der Waals surface area (Å²) >= 11 is 0. The molecule has 0 aliphatic carbocycles. The first-order valence-corrected chi connectivity index (χ1v) is 20.2. The molecule has 0 heterocycles. The quantitative estimate of drug-likeness (QED) is 0.142. The number of rotatable bonds is 9. The molecule has 0 aliphatic heterocycles. The van der Waals surface area contributed by atoms with E-state index in [4.69, 9.17) is 0 Å². The third-order valence-electron chi connectivity index (χ3n) is 11.3. The summed E-state index contributed by atoms with van der Waals surface area (Å²) in [5.41, 5.74) is 17.6. The predicted molar refractivity (Wildman–Crippen MR) is 251 cm³/mol. The van der Waals surface area contributed by atoms with Crippen molar-refractivity contribution in [2.45, 2.75) is 0 Å². The van der Waals surface area contributed by atoms with Gasteiger partial charge < -0.3 is 4.90 Å². The predicted octanol–water partition coefficient (Wildman–Crippen LogP) is 16.3. The molecule has 278 valence electrons. The van der Waals surface area contributed by atoms with Crippen LogP contribution in [-0.2, 0) is 0 Å². The van der Waals surface area contributed by atoms with Gasteiger partial charge in [0.1, 0.15) is 0 Å². The van der Waals surface area contributed by atoms with Gasteiger partial charge in [0.15, 0.2) is 0 Å². The highest BCUT2D eigenvalue weighted by atomic mass is 15.1. The first-order valence-electron chi connectivity index (χ1n) is 20.2. The van der Waals surface area contributed by atoms with Crippen molar-refractivity contribution in [3.05, 3.63) is 249 Å². The molecule has 0 aliphatic rings. The van der Waals surface area contributed by atoms with E-state index in [1.807, 2.05) is 0 Å². The second kappa shape index (κ2) is 16.0. The Morgan fingerprint density at radius 1 is 0.186 bits per heavy atom. The molecule has 0 fully saturated rings. The van der Waals surface area contributed by atoms with E-state index in [0.29, 0.717) is 0 Å². The van der Waals surface area contributed by atoms with Gasteiger partial charge in [0, 0.05) is 17.1 Å². The first-order chi connectivity index (χ1) is 29.2. The Hall–Kier alpha value is -7.74. The molecule has 0 bridgehead atoms. The van der Waals surface area contributed by atoms with Gasteiger partial charge >= 0.3 is 0 Å². The van der Waals surface area contributed by atoms with Crippen LogP contribution in [0.4, 0.5) is 17.1 Å². The lowest BCUT2D eigenvalue weighted by atomic mass is 9.91. The maximum atomic E-state index is 2.38. The average molecular weight is 752 g/mol. The van der Waals surface area contributed by atoms with Gasteiger partial charge in [-0.2, -0.15) is 0 Å².